The predicted molar refractivity (Wildman–Crippen MR) is 118 cm³/mol. The molecule has 2 aromatic carbocycles. The summed E-state index contributed by atoms with van der Waals surface area (Å²) in [4.78, 5) is 38.1. The zero-order valence-electron chi connectivity index (χ0n) is 16.1. The van der Waals surface area contributed by atoms with E-state index in [2.05, 4.69) is 21.2 Å². The van der Waals surface area contributed by atoms with E-state index in [0.29, 0.717) is 11.3 Å². The molecule has 9 heteroatoms. The van der Waals surface area contributed by atoms with Gasteiger partial charge in [-0.25, -0.2) is 4.39 Å². The number of halogens is 2. The lowest BCUT2D eigenvalue weighted by molar-refractivity contribution is -0.127. The van der Waals surface area contributed by atoms with Gasteiger partial charge in [-0.2, -0.15) is 0 Å². The predicted octanol–water partition coefficient (Wildman–Crippen LogP) is 5.05. The van der Waals surface area contributed by atoms with Gasteiger partial charge in [0.25, 0.3) is 11.1 Å². The third-order valence-electron chi connectivity index (χ3n) is 3.90. The van der Waals surface area contributed by atoms with Crippen LogP contribution in [0.3, 0.4) is 0 Å². The molecule has 1 saturated heterocycles. The maximum Gasteiger partial charge on any atom is 0.294 e. The van der Waals surface area contributed by atoms with Gasteiger partial charge in [-0.15, -0.1) is 0 Å². The van der Waals surface area contributed by atoms with Crippen molar-refractivity contribution in [1.82, 2.24) is 4.90 Å². The molecular weight excluding hydrogens is 475 g/mol. The van der Waals surface area contributed by atoms with Gasteiger partial charge in [0.1, 0.15) is 18.1 Å². The molecule has 1 N–H and O–H groups in total. The molecule has 0 aliphatic carbocycles. The first kappa shape index (κ1) is 22.0. The van der Waals surface area contributed by atoms with E-state index in [1.807, 2.05) is 13.8 Å². The molecule has 3 amide bonds. The highest BCUT2D eigenvalue weighted by molar-refractivity contribution is 9.10. The average Bonchev–Trinajstić information content (AvgIpc) is 2.91. The number of ether oxygens (including phenoxy) is 1. The van der Waals surface area contributed by atoms with Crippen molar-refractivity contribution < 1.29 is 23.5 Å². The molecule has 0 unspecified atom stereocenters. The largest absolute Gasteiger partial charge is 0.490 e. The first-order valence-corrected chi connectivity index (χ1v) is 10.6. The fourth-order valence-corrected chi connectivity index (χ4v) is 3.98. The number of carbonyl (C=O) groups excluding carboxylic acids is 3. The van der Waals surface area contributed by atoms with Crippen LogP contribution in [0.4, 0.5) is 14.9 Å². The van der Waals surface area contributed by atoms with Crippen LogP contribution in [0.2, 0.25) is 0 Å². The van der Waals surface area contributed by atoms with Crippen LogP contribution >= 0.6 is 27.7 Å². The molecule has 3 rings (SSSR count). The number of nitrogens with one attached hydrogen (secondary N) is 1. The third-order valence-corrected chi connectivity index (χ3v) is 5.43. The molecule has 156 valence electrons. The van der Waals surface area contributed by atoms with Crippen LogP contribution in [0.5, 0.6) is 5.75 Å². The summed E-state index contributed by atoms with van der Waals surface area (Å²) in [6.07, 6.45) is 1.60. The van der Waals surface area contributed by atoms with Crippen LogP contribution in [0.25, 0.3) is 6.08 Å². The highest BCUT2D eigenvalue weighted by Gasteiger charge is 2.36. The second kappa shape index (κ2) is 9.44. The Bertz CT molecular complexity index is 1040. The van der Waals surface area contributed by atoms with Gasteiger partial charge in [0.15, 0.2) is 0 Å². The Hall–Kier alpha value is -2.65. The maximum atomic E-state index is 13.2. The van der Waals surface area contributed by atoms with Gasteiger partial charge in [-0.1, -0.05) is 12.1 Å². The minimum absolute atomic E-state index is 0.0159. The van der Waals surface area contributed by atoms with E-state index in [9.17, 15) is 18.8 Å². The average molecular weight is 493 g/mol. The molecule has 6 nitrogen and oxygen atoms in total. The summed E-state index contributed by atoms with van der Waals surface area (Å²) in [6.45, 7) is 3.38. The van der Waals surface area contributed by atoms with E-state index < -0.39 is 29.4 Å². The lowest BCUT2D eigenvalue weighted by atomic mass is 10.2. The molecule has 0 radical (unpaired) electrons. The molecule has 1 heterocycles. The Labute approximate surface area is 185 Å². The fraction of sp³-hybridized carbons (Fsp3) is 0.190. The Morgan fingerprint density at radius 2 is 2.03 bits per heavy atom. The molecular formula is C21H18BrFN2O4S. The number of benzene rings is 2. The smallest absolute Gasteiger partial charge is 0.294 e. The number of amides is 3. The van der Waals surface area contributed by atoms with E-state index in [4.69, 9.17) is 4.74 Å². The number of rotatable bonds is 6. The minimum atomic E-state index is -0.595. The van der Waals surface area contributed by atoms with Crippen LogP contribution in [-0.4, -0.2) is 34.6 Å². The van der Waals surface area contributed by atoms with Gasteiger partial charge in [-0.05, 0) is 83.5 Å². The number of thioether (sulfide) groups is 1. The monoisotopic (exact) mass is 492 g/mol. The van der Waals surface area contributed by atoms with E-state index in [-0.39, 0.29) is 16.7 Å². The standard InChI is InChI=1S/C21H18BrFN2O4S/c1-12(2)29-17-7-6-13(8-16(17)22)9-18-20(27)25(21(28)30-18)11-19(26)24-15-5-3-4-14(23)10-15/h3-10,12H,11H2,1-2H3,(H,24,26)/b18-9+. The Morgan fingerprint density at radius 1 is 1.27 bits per heavy atom. The van der Waals surface area contributed by atoms with Gasteiger partial charge in [0.05, 0.1) is 15.5 Å². The second-order valence-corrected chi connectivity index (χ2v) is 8.53. The molecule has 0 atom stereocenters. The van der Waals surface area contributed by atoms with Crippen LogP contribution < -0.4 is 10.1 Å². The maximum absolute atomic E-state index is 13.2. The minimum Gasteiger partial charge on any atom is -0.490 e. The summed E-state index contributed by atoms with van der Waals surface area (Å²) in [5.41, 5.74) is 0.948. The summed E-state index contributed by atoms with van der Waals surface area (Å²) in [5, 5.41) is 1.93. The van der Waals surface area contributed by atoms with Crippen LogP contribution in [-0.2, 0) is 9.59 Å². The molecule has 1 fully saturated rings. The van der Waals surface area contributed by atoms with Gasteiger partial charge < -0.3 is 10.1 Å². The van der Waals surface area contributed by atoms with Crippen molar-refractivity contribution >= 4 is 56.5 Å². The van der Waals surface area contributed by atoms with Crippen molar-refractivity contribution in [3.63, 3.8) is 0 Å². The van der Waals surface area contributed by atoms with Crippen LogP contribution in [0.1, 0.15) is 19.4 Å². The molecule has 0 saturated carbocycles. The Kier molecular flexibility index (Phi) is 6.94. The van der Waals surface area contributed by atoms with Crippen molar-refractivity contribution in [2.24, 2.45) is 0 Å². The van der Waals surface area contributed by atoms with E-state index in [1.54, 1.807) is 24.3 Å². The summed E-state index contributed by atoms with van der Waals surface area (Å²) in [7, 11) is 0. The normalized spacial score (nSPS) is 15.2. The number of nitrogens with zero attached hydrogens (tertiary/aromatic N) is 1. The lowest BCUT2D eigenvalue weighted by Crippen LogP contribution is -2.36. The zero-order chi connectivity index (χ0) is 21.8. The SMILES string of the molecule is CC(C)Oc1ccc(/C=C2/SC(=O)N(CC(=O)Nc3cccc(F)c3)C2=O)cc1Br. The fourth-order valence-electron chi connectivity index (χ4n) is 2.65. The van der Waals surface area contributed by atoms with E-state index >= 15 is 0 Å². The Morgan fingerprint density at radius 3 is 2.70 bits per heavy atom. The molecule has 0 bridgehead atoms. The number of hydrogen-bond donors (Lipinski definition) is 1. The quantitative estimate of drug-likeness (QED) is 0.570. The number of carbonyl (C=O) groups is 3. The molecule has 0 aromatic heterocycles. The topological polar surface area (TPSA) is 75.7 Å². The first-order chi connectivity index (χ1) is 14.2. The third kappa shape index (κ3) is 5.48. The van der Waals surface area contributed by atoms with Crippen LogP contribution in [0.15, 0.2) is 51.8 Å². The number of imide groups is 1. The van der Waals surface area contributed by atoms with Crippen LogP contribution in [0, 0.1) is 5.82 Å². The van der Waals surface area contributed by atoms with E-state index in [1.165, 1.54) is 18.2 Å². The summed E-state index contributed by atoms with van der Waals surface area (Å²) >= 11 is 4.19. The van der Waals surface area contributed by atoms with Crippen molar-refractivity contribution in [3.8, 4) is 5.75 Å². The molecule has 0 spiro atoms. The van der Waals surface area contributed by atoms with Crippen molar-refractivity contribution in [2.75, 3.05) is 11.9 Å². The van der Waals surface area contributed by atoms with Gasteiger partial charge in [0.2, 0.25) is 5.91 Å². The molecule has 2 aromatic rings. The molecule has 30 heavy (non-hydrogen) atoms. The second-order valence-electron chi connectivity index (χ2n) is 6.68. The van der Waals surface area contributed by atoms with Gasteiger partial charge in [-0.3, -0.25) is 19.3 Å². The molecule has 1 aliphatic rings. The summed E-state index contributed by atoms with van der Waals surface area (Å²) < 4.78 is 19.6. The van der Waals surface area contributed by atoms with Gasteiger partial charge >= 0.3 is 0 Å². The van der Waals surface area contributed by atoms with Crippen molar-refractivity contribution in [3.05, 3.63) is 63.2 Å². The first-order valence-electron chi connectivity index (χ1n) is 9.00. The number of anilines is 1. The zero-order valence-corrected chi connectivity index (χ0v) is 18.6. The van der Waals surface area contributed by atoms with Crippen molar-refractivity contribution in [2.45, 2.75) is 20.0 Å². The highest BCUT2D eigenvalue weighted by atomic mass is 79.9. The van der Waals surface area contributed by atoms with Crippen molar-refractivity contribution in [1.29, 1.82) is 0 Å². The Balaban J connectivity index is 1.69. The molecule has 1 aliphatic heterocycles. The highest BCUT2D eigenvalue weighted by Crippen LogP contribution is 2.34. The summed E-state index contributed by atoms with van der Waals surface area (Å²) in [5.74, 6) is -0.984. The lowest BCUT2D eigenvalue weighted by Gasteiger charge is -2.12. The number of hydrogen-bond acceptors (Lipinski definition) is 5. The summed E-state index contributed by atoms with van der Waals surface area (Å²) in [6, 6.07) is 10.7. The van der Waals surface area contributed by atoms with Gasteiger partial charge in [0, 0.05) is 5.69 Å². The van der Waals surface area contributed by atoms with E-state index in [0.717, 1.165) is 27.2 Å².